The first-order valence-electron chi connectivity index (χ1n) is 17.7. The van der Waals surface area contributed by atoms with Crippen molar-refractivity contribution in [3.63, 3.8) is 0 Å². The summed E-state index contributed by atoms with van der Waals surface area (Å²) in [6.45, 7) is 14.2. The minimum absolute atomic E-state index is 0.0147. The van der Waals surface area contributed by atoms with E-state index in [4.69, 9.17) is 19.3 Å². The number of H-pyrrole nitrogens is 1. The van der Waals surface area contributed by atoms with Gasteiger partial charge in [-0.1, -0.05) is 163 Å². The Labute approximate surface area is 308 Å². The van der Waals surface area contributed by atoms with Crippen molar-refractivity contribution in [2.24, 2.45) is 0 Å². The number of anilines is 1. The molecule has 0 saturated carbocycles. The van der Waals surface area contributed by atoms with Gasteiger partial charge in [-0.3, -0.25) is 14.3 Å². The van der Waals surface area contributed by atoms with E-state index in [1.807, 2.05) is 24.3 Å². The van der Waals surface area contributed by atoms with Crippen molar-refractivity contribution in [3.8, 4) is 0 Å². The predicted octanol–water partition coefficient (Wildman–Crippen LogP) is 5.20. The predicted molar refractivity (Wildman–Crippen MR) is 215 cm³/mol. The third-order valence-electron chi connectivity index (χ3n) is 9.75. The lowest BCUT2D eigenvalue weighted by molar-refractivity contribution is -0.0421. The van der Waals surface area contributed by atoms with Gasteiger partial charge < -0.3 is 19.3 Å². The number of nitrogens with one attached hydrogen (secondary N) is 1. The van der Waals surface area contributed by atoms with Crippen LogP contribution in [0, 0.1) is 0 Å². The molecule has 9 nitrogen and oxygen atoms in total. The molecule has 0 aliphatic rings. The van der Waals surface area contributed by atoms with Crippen LogP contribution in [-0.4, -0.2) is 55.5 Å². The Balaban J connectivity index is 1.42. The number of aromatic amines is 1. The molecular weight excluding hydrogens is 683 g/mol. The van der Waals surface area contributed by atoms with Crippen LogP contribution in [0.15, 0.2) is 132 Å². The first-order valence-corrected chi connectivity index (χ1v) is 21.5. The van der Waals surface area contributed by atoms with Crippen LogP contribution < -0.4 is 32.0 Å². The number of benzene rings is 4. The summed E-state index contributed by atoms with van der Waals surface area (Å²) in [6, 6.07) is 42.3. The van der Waals surface area contributed by atoms with Crippen molar-refractivity contribution < 1.29 is 13.6 Å². The van der Waals surface area contributed by atoms with E-state index >= 15 is 0 Å². The lowest BCUT2D eigenvalue weighted by atomic mass is 10.2. The Morgan fingerprint density at radius 2 is 1.06 bits per heavy atom. The lowest BCUT2D eigenvalue weighted by Crippen LogP contribution is -2.68. The largest absolute Gasteiger partial charge is 0.405 e. The van der Waals surface area contributed by atoms with E-state index in [-0.39, 0.29) is 41.5 Å². The molecule has 3 N–H and O–H groups in total. The van der Waals surface area contributed by atoms with Crippen LogP contribution >= 0.6 is 0 Å². The average Bonchev–Trinajstić information content (AvgIpc) is 3.54. The zero-order valence-electron chi connectivity index (χ0n) is 30.9. The molecule has 2 heterocycles. The van der Waals surface area contributed by atoms with Crippen molar-refractivity contribution in [3.05, 3.63) is 138 Å². The Morgan fingerprint density at radius 3 is 1.42 bits per heavy atom. The van der Waals surface area contributed by atoms with Gasteiger partial charge in [-0.05, 0) is 30.8 Å². The van der Waals surface area contributed by atoms with Crippen molar-refractivity contribution in [1.82, 2.24) is 19.5 Å². The fraction of sp³-hybridized carbons (Fsp3) is 0.293. The number of nitrogen functional groups attached to an aromatic ring is 1. The summed E-state index contributed by atoms with van der Waals surface area (Å²) in [5, 5.41) is 4.25. The fourth-order valence-corrected chi connectivity index (χ4v) is 16.5. The summed E-state index contributed by atoms with van der Waals surface area (Å²) < 4.78 is 23.3. The zero-order valence-corrected chi connectivity index (χ0v) is 32.9. The smallest absolute Gasteiger partial charge is 0.280 e. The third kappa shape index (κ3) is 7.19. The zero-order chi connectivity index (χ0) is 37.0. The van der Waals surface area contributed by atoms with Crippen LogP contribution in [0.4, 0.5) is 5.95 Å². The van der Waals surface area contributed by atoms with E-state index in [2.05, 4.69) is 154 Å². The molecule has 0 radical (unpaired) electrons. The number of aromatic nitrogens is 4. The number of fused-ring (bicyclic) bond motifs is 1. The highest BCUT2D eigenvalue weighted by molar-refractivity contribution is 7.00. The summed E-state index contributed by atoms with van der Waals surface area (Å²) in [7, 11) is -5.85. The summed E-state index contributed by atoms with van der Waals surface area (Å²) in [5.41, 5.74) is 6.07. The van der Waals surface area contributed by atoms with Gasteiger partial charge in [0.15, 0.2) is 11.2 Å². The van der Waals surface area contributed by atoms with Crippen LogP contribution in [0.5, 0.6) is 0 Å². The molecular formula is C41H49N5O4Si2. The topological polar surface area (TPSA) is 117 Å². The monoisotopic (exact) mass is 731 g/mol. The molecule has 0 amide bonds. The number of hydrogen-bond donors (Lipinski definition) is 2. The maximum Gasteiger partial charge on any atom is 0.280 e. The Hall–Kier alpha value is -4.66. The molecule has 0 saturated heterocycles. The molecule has 2 aromatic heterocycles. The molecule has 52 heavy (non-hydrogen) atoms. The van der Waals surface area contributed by atoms with E-state index in [0.717, 1.165) is 0 Å². The van der Waals surface area contributed by atoms with Gasteiger partial charge >= 0.3 is 0 Å². The molecule has 270 valence electrons. The molecule has 0 unspecified atom stereocenters. The maximum atomic E-state index is 12.6. The Kier molecular flexibility index (Phi) is 10.8. The van der Waals surface area contributed by atoms with Gasteiger partial charge in [-0.2, -0.15) is 4.98 Å². The van der Waals surface area contributed by atoms with Crippen molar-refractivity contribution in [2.45, 2.75) is 64.5 Å². The highest BCUT2D eigenvalue weighted by Gasteiger charge is 2.52. The molecule has 0 spiro atoms. The summed E-state index contributed by atoms with van der Waals surface area (Å²) in [6.07, 6.45) is 1.04. The quantitative estimate of drug-likeness (QED) is 0.157. The van der Waals surface area contributed by atoms with Crippen molar-refractivity contribution in [2.75, 3.05) is 18.9 Å². The van der Waals surface area contributed by atoms with Crippen LogP contribution in [0.1, 0.15) is 41.5 Å². The number of rotatable bonds is 13. The van der Waals surface area contributed by atoms with E-state index in [9.17, 15) is 4.79 Å². The fourth-order valence-electron chi connectivity index (χ4n) is 7.35. The van der Waals surface area contributed by atoms with Gasteiger partial charge in [0, 0.05) is 0 Å². The standard InChI is InChI=1S/C41H49N5O4Si2/c1-40(2,3)51(32-19-11-7-12-20-32,33-21-13-8-14-22-33)49-27-31(48-30-46-29-43-36-37(46)44-39(42)45-38(36)47)28-50-52(41(4,5)6,34-23-15-9-16-24-34)35-25-17-10-18-26-35/h7-26,29,31H,27-28,30H2,1-6H3,(H3,42,44,45,47). The van der Waals surface area contributed by atoms with Crippen LogP contribution in [0.25, 0.3) is 11.2 Å². The number of nitrogens with two attached hydrogens (primary N) is 1. The second-order valence-corrected chi connectivity index (χ2v) is 23.8. The van der Waals surface area contributed by atoms with Crippen LogP contribution in [-0.2, 0) is 20.3 Å². The number of imidazole rings is 1. The SMILES string of the molecule is CC(C)(C)[Si](OCC(CO[Si](c1ccccc1)(c1ccccc1)C(C)(C)C)OCn1cnc2c(=O)[nH]c(N)nc21)(c1ccccc1)c1ccccc1. The van der Waals surface area contributed by atoms with Gasteiger partial charge in [0.1, 0.15) is 12.8 Å². The highest BCUT2D eigenvalue weighted by atomic mass is 28.4. The van der Waals surface area contributed by atoms with Gasteiger partial charge in [0.05, 0.1) is 19.5 Å². The molecule has 6 aromatic rings. The summed E-state index contributed by atoms with van der Waals surface area (Å²) in [4.78, 5) is 23.8. The number of hydrogen-bond acceptors (Lipinski definition) is 7. The molecule has 4 aromatic carbocycles. The highest BCUT2D eigenvalue weighted by Crippen LogP contribution is 2.38. The second-order valence-electron chi connectivity index (χ2n) is 15.2. The van der Waals surface area contributed by atoms with Crippen LogP contribution in [0.2, 0.25) is 10.1 Å². The van der Waals surface area contributed by atoms with Gasteiger partial charge in [-0.25, -0.2) is 4.98 Å². The van der Waals surface area contributed by atoms with E-state index in [1.54, 1.807) is 10.9 Å². The third-order valence-corrected chi connectivity index (χ3v) is 19.8. The molecule has 11 heteroatoms. The first-order chi connectivity index (χ1) is 24.9. The summed E-state index contributed by atoms with van der Waals surface area (Å²) >= 11 is 0. The molecule has 0 aliphatic carbocycles. The second kappa shape index (κ2) is 15.1. The average molecular weight is 732 g/mol. The van der Waals surface area contributed by atoms with E-state index < -0.39 is 28.3 Å². The van der Waals surface area contributed by atoms with Gasteiger partial charge in [0.2, 0.25) is 5.95 Å². The number of ether oxygens (including phenoxy) is 1. The first kappa shape index (κ1) is 37.1. The van der Waals surface area contributed by atoms with Crippen LogP contribution in [0.3, 0.4) is 0 Å². The van der Waals surface area contributed by atoms with Gasteiger partial charge in [-0.15, -0.1) is 0 Å². The molecule has 0 atom stereocenters. The molecule has 0 bridgehead atoms. The normalized spacial score (nSPS) is 12.8. The van der Waals surface area contributed by atoms with Crippen molar-refractivity contribution >= 4 is 54.5 Å². The lowest BCUT2D eigenvalue weighted by Gasteiger charge is -2.45. The van der Waals surface area contributed by atoms with E-state index in [1.165, 1.54) is 20.7 Å². The van der Waals surface area contributed by atoms with Gasteiger partial charge in [0.25, 0.3) is 22.2 Å². The minimum Gasteiger partial charge on any atom is -0.405 e. The minimum atomic E-state index is -2.92. The molecule has 0 fully saturated rings. The maximum absolute atomic E-state index is 12.6. The van der Waals surface area contributed by atoms with Crippen molar-refractivity contribution in [1.29, 1.82) is 0 Å². The number of nitrogens with zero attached hydrogens (tertiary/aromatic N) is 3. The molecule has 6 rings (SSSR count). The Bertz CT molecular complexity index is 1930. The van der Waals surface area contributed by atoms with E-state index in [0.29, 0.717) is 5.65 Å². The molecule has 0 aliphatic heterocycles. The summed E-state index contributed by atoms with van der Waals surface area (Å²) in [5.74, 6) is 0.0147. The Morgan fingerprint density at radius 1 is 0.673 bits per heavy atom.